The fourth-order valence-corrected chi connectivity index (χ4v) is 5.00. The summed E-state index contributed by atoms with van der Waals surface area (Å²) in [5.41, 5.74) is 0.637. The number of fused-ring (bicyclic) bond motifs is 1. The lowest BCUT2D eigenvalue weighted by atomic mass is 9.84. The molecule has 2 amide bonds. The molecule has 3 saturated heterocycles. The van der Waals surface area contributed by atoms with Crippen LogP contribution in [0.25, 0.3) is 0 Å². The summed E-state index contributed by atoms with van der Waals surface area (Å²) in [6.45, 7) is 3.59. The molecule has 0 aromatic heterocycles. The van der Waals surface area contributed by atoms with Crippen molar-refractivity contribution < 1.29 is 14.3 Å². The molecule has 0 bridgehead atoms. The predicted octanol–water partition coefficient (Wildman–Crippen LogP) is 1.84. The molecule has 28 heavy (non-hydrogen) atoms. The zero-order chi connectivity index (χ0) is 19.4. The minimum atomic E-state index is -0.472. The molecule has 0 aliphatic carbocycles. The number of nitrogens with zero attached hydrogens (tertiary/aromatic N) is 1. The third kappa shape index (κ3) is 4.08. The van der Waals surface area contributed by atoms with Crippen molar-refractivity contribution in [3.05, 3.63) is 35.9 Å². The third-order valence-corrected chi connectivity index (χ3v) is 6.56. The first-order valence-electron chi connectivity index (χ1n) is 10.6. The largest absolute Gasteiger partial charge is 0.381 e. The molecule has 0 saturated carbocycles. The average molecular weight is 386 g/mol. The van der Waals surface area contributed by atoms with Gasteiger partial charge in [-0.3, -0.25) is 14.5 Å². The van der Waals surface area contributed by atoms with E-state index in [0.29, 0.717) is 26.2 Å². The van der Waals surface area contributed by atoms with Crippen LogP contribution < -0.4 is 10.6 Å². The number of carbonyl (C=O) groups is 2. The van der Waals surface area contributed by atoms with Crippen molar-refractivity contribution in [3.63, 3.8) is 0 Å². The second-order valence-electron chi connectivity index (χ2n) is 8.40. The summed E-state index contributed by atoms with van der Waals surface area (Å²) < 4.78 is 5.37. The van der Waals surface area contributed by atoms with Gasteiger partial charge in [-0.15, -0.1) is 0 Å². The fraction of sp³-hybridized carbons (Fsp3) is 0.636. The summed E-state index contributed by atoms with van der Waals surface area (Å²) in [6, 6.07) is 10.1. The number of hydrogen-bond donors (Lipinski definition) is 2. The van der Waals surface area contributed by atoms with Crippen LogP contribution in [0.1, 0.15) is 44.1 Å². The summed E-state index contributed by atoms with van der Waals surface area (Å²) in [6.07, 6.45) is 5.36. The predicted molar refractivity (Wildman–Crippen MR) is 107 cm³/mol. The molecule has 6 heteroatoms. The lowest BCUT2D eigenvalue weighted by Crippen LogP contribution is -2.57. The van der Waals surface area contributed by atoms with Crippen molar-refractivity contribution in [1.82, 2.24) is 15.5 Å². The molecule has 3 aliphatic heterocycles. The highest BCUT2D eigenvalue weighted by molar-refractivity contribution is 5.87. The second-order valence-corrected chi connectivity index (χ2v) is 8.40. The molecule has 2 N–H and O–H groups in total. The van der Waals surface area contributed by atoms with Crippen LogP contribution in [0.4, 0.5) is 0 Å². The third-order valence-electron chi connectivity index (χ3n) is 6.56. The van der Waals surface area contributed by atoms with Gasteiger partial charge in [0, 0.05) is 38.3 Å². The molecule has 1 aromatic carbocycles. The maximum Gasteiger partial charge on any atom is 0.240 e. The molecule has 2 atom stereocenters. The van der Waals surface area contributed by atoms with E-state index in [1.807, 2.05) is 30.3 Å². The Morgan fingerprint density at radius 3 is 2.71 bits per heavy atom. The van der Waals surface area contributed by atoms with Gasteiger partial charge in [0.25, 0.3) is 0 Å². The quantitative estimate of drug-likeness (QED) is 0.812. The van der Waals surface area contributed by atoms with E-state index in [9.17, 15) is 9.59 Å². The monoisotopic (exact) mass is 385 g/mol. The number of rotatable bonds is 5. The lowest BCUT2D eigenvalue weighted by molar-refractivity contribution is -0.134. The summed E-state index contributed by atoms with van der Waals surface area (Å²) in [5, 5.41) is 6.40. The molecule has 3 fully saturated rings. The minimum absolute atomic E-state index is 0.0502. The van der Waals surface area contributed by atoms with Gasteiger partial charge >= 0.3 is 0 Å². The van der Waals surface area contributed by atoms with Gasteiger partial charge in [-0.1, -0.05) is 30.3 Å². The molecular weight excluding hydrogens is 354 g/mol. The van der Waals surface area contributed by atoms with Crippen molar-refractivity contribution in [2.75, 3.05) is 26.3 Å². The maximum atomic E-state index is 13.2. The molecule has 4 rings (SSSR count). The molecule has 3 heterocycles. The van der Waals surface area contributed by atoms with E-state index in [2.05, 4.69) is 15.5 Å². The van der Waals surface area contributed by atoms with E-state index >= 15 is 0 Å². The van der Waals surface area contributed by atoms with Crippen molar-refractivity contribution in [3.8, 4) is 0 Å². The SMILES string of the molecule is O=C(NC1CN2CCCC[C@@]2(C(=O)NCc2ccccc2)C1)C1CCOCC1. The average Bonchev–Trinajstić information content (AvgIpc) is 3.12. The van der Waals surface area contributed by atoms with Crippen LogP contribution in [0.5, 0.6) is 0 Å². The van der Waals surface area contributed by atoms with E-state index in [0.717, 1.165) is 50.8 Å². The van der Waals surface area contributed by atoms with Gasteiger partial charge in [0.05, 0.1) is 0 Å². The maximum absolute atomic E-state index is 13.2. The molecule has 0 spiro atoms. The Morgan fingerprint density at radius 2 is 1.93 bits per heavy atom. The highest BCUT2D eigenvalue weighted by atomic mass is 16.5. The molecule has 1 unspecified atom stereocenters. The number of hydrogen-bond acceptors (Lipinski definition) is 4. The lowest BCUT2D eigenvalue weighted by Gasteiger charge is -2.40. The van der Waals surface area contributed by atoms with E-state index in [1.165, 1.54) is 0 Å². The van der Waals surface area contributed by atoms with Crippen molar-refractivity contribution in [2.45, 2.75) is 56.7 Å². The smallest absolute Gasteiger partial charge is 0.240 e. The van der Waals surface area contributed by atoms with Crippen molar-refractivity contribution >= 4 is 11.8 Å². The van der Waals surface area contributed by atoms with Crippen LogP contribution in [0.15, 0.2) is 30.3 Å². The standard InChI is InChI=1S/C22H31N3O3/c26-20(18-8-12-28-13-9-18)24-19-14-22(10-4-5-11-25(22)16-19)21(27)23-15-17-6-2-1-3-7-17/h1-3,6-7,18-19H,4-5,8-16H2,(H,23,27)(H,24,26)/t19?,22-/m0/s1. The number of benzene rings is 1. The van der Waals surface area contributed by atoms with E-state index < -0.39 is 5.54 Å². The Morgan fingerprint density at radius 1 is 1.14 bits per heavy atom. The van der Waals surface area contributed by atoms with Crippen LogP contribution in [-0.2, 0) is 20.9 Å². The molecule has 152 valence electrons. The van der Waals surface area contributed by atoms with Gasteiger partial charge in [0.15, 0.2) is 0 Å². The van der Waals surface area contributed by atoms with Gasteiger partial charge in [-0.25, -0.2) is 0 Å². The molecule has 0 radical (unpaired) electrons. The second kappa shape index (κ2) is 8.62. The molecule has 1 aromatic rings. The molecule has 6 nitrogen and oxygen atoms in total. The Bertz CT molecular complexity index is 690. The minimum Gasteiger partial charge on any atom is -0.381 e. The normalized spacial score (nSPS) is 28.5. The van der Waals surface area contributed by atoms with E-state index in [-0.39, 0.29) is 23.8 Å². The highest BCUT2D eigenvalue weighted by Crippen LogP contribution is 2.38. The topological polar surface area (TPSA) is 70.7 Å². The van der Waals surface area contributed by atoms with E-state index in [1.54, 1.807) is 0 Å². The van der Waals surface area contributed by atoms with Gasteiger partial charge in [-0.05, 0) is 50.6 Å². The summed E-state index contributed by atoms with van der Waals surface area (Å²) in [7, 11) is 0. The summed E-state index contributed by atoms with van der Waals surface area (Å²) >= 11 is 0. The zero-order valence-electron chi connectivity index (χ0n) is 16.5. The zero-order valence-corrected chi connectivity index (χ0v) is 16.5. The number of ether oxygens (including phenoxy) is 1. The highest BCUT2D eigenvalue weighted by Gasteiger charge is 2.52. The van der Waals surface area contributed by atoms with E-state index in [4.69, 9.17) is 4.74 Å². The first-order chi connectivity index (χ1) is 13.7. The first kappa shape index (κ1) is 19.4. The number of piperidine rings is 1. The van der Waals surface area contributed by atoms with Crippen LogP contribution in [0.2, 0.25) is 0 Å². The van der Waals surface area contributed by atoms with Crippen LogP contribution in [0, 0.1) is 5.92 Å². The van der Waals surface area contributed by atoms with Gasteiger partial charge in [0.1, 0.15) is 5.54 Å². The number of carbonyl (C=O) groups excluding carboxylic acids is 2. The molecular formula is C22H31N3O3. The van der Waals surface area contributed by atoms with Crippen molar-refractivity contribution in [1.29, 1.82) is 0 Å². The number of amides is 2. The van der Waals surface area contributed by atoms with Gasteiger partial charge in [-0.2, -0.15) is 0 Å². The van der Waals surface area contributed by atoms with Crippen LogP contribution in [0.3, 0.4) is 0 Å². The Kier molecular flexibility index (Phi) is 5.97. The summed E-state index contributed by atoms with van der Waals surface area (Å²) in [5.74, 6) is 0.293. The Balaban J connectivity index is 1.39. The fourth-order valence-electron chi connectivity index (χ4n) is 5.00. The van der Waals surface area contributed by atoms with Crippen LogP contribution in [-0.4, -0.2) is 54.6 Å². The molecule has 3 aliphatic rings. The Labute approximate surface area is 167 Å². The number of nitrogens with one attached hydrogen (secondary N) is 2. The first-order valence-corrected chi connectivity index (χ1v) is 10.6. The van der Waals surface area contributed by atoms with Crippen LogP contribution >= 0.6 is 0 Å². The Hall–Kier alpha value is -1.92. The van der Waals surface area contributed by atoms with Gasteiger partial charge < -0.3 is 15.4 Å². The van der Waals surface area contributed by atoms with Crippen molar-refractivity contribution in [2.24, 2.45) is 5.92 Å². The summed E-state index contributed by atoms with van der Waals surface area (Å²) in [4.78, 5) is 28.2. The van der Waals surface area contributed by atoms with Gasteiger partial charge in [0.2, 0.25) is 11.8 Å².